The standard InChI is InChI=1S/C21H27FN4O/c1-15(2)25-21-23-12-18(13-24-21)20(27)26-10-4-6-17(14-26)9-8-16-5-3-7-19(22)11-16/h3,5,7,11-13,15,17H,4,6,8-10,14H2,1-2H3,(H,23,24,25)/t17-/m1/s1. The summed E-state index contributed by atoms with van der Waals surface area (Å²) in [4.78, 5) is 23.1. The summed E-state index contributed by atoms with van der Waals surface area (Å²) in [6, 6.07) is 7.01. The Labute approximate surface area is 160 Å². The SMILES string of the molecule is CC(C)Nc1ncc(C(=O)N2CCC[C@H](CCc3cccc(F)c3)C2)cn1. The third-order valence-corrected chi connectivity index (χ3v) is 4.85. The van der Waals surface area contributed by atoms with Crippen LogP contribution in [-0.4, -0.2) is 39.9 Å². The van der Waals surface area contributed by atoms with Gasteiger partial charge in [-0.05, 0) is 63.1 Å². The number of aromatic nitrogens is 2. The minimum Gasteiger partial charge on any atom is -0.352 e. The van der Waals surface area contributed by atoms with E-state index in [2.05, 4.69) is 15.3 Å². The van der Waals surface area contributed by atoms with Crippen molar-refractivity contribution in [3.8, 4) is 0 Å². The van der Waals surface area contributed by atoms with E-state index < -0.39 is 0 Å². The number of likely N-dealkylation sites (tertiary alicyclic amines) is 1. The number of rotatable bonds is 6. The molecule has 1 fully saturated rings. The number of carbonyl (C=O) groups is 1. The minimum absolute atomic E-state index is 0.0125. The Morgan fingerprint density at radius 1 is 1.33 bits per heavy atom. The topological polar surface area (TPSA) is 58.1 Å². The van der Waals surface area contributed by atoms with Gasteiger partial charge in [-0.15, -0.1) is 0 Å². The van der Waals surface area contributed by atoms with Crippen molar-refractivity contribution in [2.24, 2.45) is 5.92 Å². The number of carbonyl (C=O) groups excluding carboxylic acids is 1. The van der Waals surface area contributed by atoms with Crippen LogP contribution in [0.3, 0.4) is 0 Å². The summed E-state index contributed by atoms with van der Waals surface area (Å²) >= 11 is 0. The molecule has 6 heteroatoms. The molecule has 27 heavy (non-hydrogen) atoms. The van der Waals surface area contributed by atoms with Crippen molar-refractivity contribution in [3.05, 3.63) is 53.6 Å². The number of nitrogens with zero attached hydrogens (tertiary/aromatic N) is 3. The molecular weight excluding hydrogens is 343 g/mol. The number of nitrogens with one attached hydrogen (secondary N) is 1. The molecule has 144 valence electrons. The quantitative estimate of drug-likeness (QED) is 0.837. The van der Waals surface area contributed by atoms with E-state index in [1.54, 1.807) is 24.5 Å². The highest BCUT2D eigenvalue weighted by molar-refractivity contribution is 5.93. The predicted octanol–water partition coefficient (Wildman–Crippen LogP) is 3.92. The first kappa shape index (κ1) is 19.3. The van der Waals surface area contributed by atoms with Crippen LogP contribution in [0.5, 0.6) is 0 Å². The minimum atomic E-state index is -0.191. The van der Waals surface area contributed by atoms with Crippen LogP contribution in [0.25, 0.3) is 0 Å². The second kappa shape index (κ2) is 8.93. The molecule has 0 radical (unpaired) electrons. The lowest BCUT2D eigenvalue weighted by Gasteiger charge is -2.33. The van der Waals surface area contributed by atoms with Gasteiger partial charge in [0.1, 0.15) is 5.82 Å². The molecule has 0 unspecified atom stereocenters. The smallest absolute Gasteiger partial charge is 0.257 e. The van der Waals surface area contributed by atoms with Gasteiger partial charge in [0.05, 0.1) is 5.56 Å². The van der Waals surface area contributed by atoms with Crippen LogP contribution in [0.1, 0.15) is 49.0 Å². The lowest BCUT2D eigenvalue weighted by Crippen LogP contribution is -2.40. The molecule has 1 aliphatic heterocycles. The molecule has 0 saturated carbocycles. The van der Waals surface area contributed by atoms with Gasteiger partial charge < -0.3 is 10.2 Å². The Bertz CT molecular complexity index is 763. The number of halogens is 1. The largest absolute Gasteiger partial charge is 0.352 e. The van der Waals surface area contributed by atoms with E-state index in [1.807, 2.05) is 24.8 Å². The number of hydrogen-bond donors (Lipinski definition) is 1. The van der Waals surface area contributed by atoms with Crippen molar-refractivity contribution in [1.82, 2.24) is 14.9 Å². The third kappa shape index (κ3) is 5.49. The summed E-state index contributed by atoms with van der Waals surface area (Å²) in [5.74, 6) is 0.770. The Balaban J connectivity index is 1.56. The van der Waals surface area contributed by atoms with Crippen LogP contribution in [0, 0.1) is 11.7 Å². The molecule has 1 amide bonds. The first-order valence-electron chi connectivity index (χ1n) is 9.63. The molecule has 0 aliphatic carbocycles. The fraction of sp³-hybridized carbons (Fsp3) is 0.476. The highest BCUT2D eigenvalue weighted by atomic mass is 19.1. The second-order valence-corrected chi connectivity index (χ2v) is 7.52. The zero-order valence-electron chi connectivity index (χ0n) is 16.0. The average molecular weight is 370 g/mol. The molecule has 5 nitrogen and oxygen atoms in total. The molecule has 3 rings (SSSR count). The Kier molecular flexibility index (Phi) is 6.37. The zero-order chi connectivity index (χ0) is 19.2. The molecule has 2 heterocycles. The Hall–Kier alpha value is -2.50. The molecule has 1 N–H and O–H groups in total. The maximum atomic E-state index is 13.3. The van der Waals surface area contributed by atoms with Crippen LogP contribution in [0.2, 0.25) is 0 Å². The van der Waals surface area contributed by atoms with Gasteiger partial charge in [-0.25, -0.2) is 14.4 Å². The maximum absolute atomic E-state index is 13.3. The van der Waals surface area contributed by atoms with Crippen molar-refractivity contribution in [2.75, 3.05) is 18.4 Å². The summed E-state index contributed by atoms with van der Waals surface area (Å²) < 4.78 is 13.3. The summed E-state index contributed by atoms with van der Waals surface area (Å²) in [7, 11) is 0. The van der Waals surface area contributed by atoms with Gasteiger partial charge >= 0.3 is 0 Å². The lowest BCUT2D eigenvalue weighted by molar-refractivity contribution is 0.0667. The average Bonchev–Trinajstić information content (AvgIpc) is 2.66. The van der Waals surface area contributed by atoms with Gasteiger partial charge in [-0.3, -0.25) is 4.79 Å². The first-order valence-corrected chi connectivity index (χ1v) is 9.63. The molecule has 2 aromatic rings. The van der Waals surface area contributed by atoms with Crippen LogP contribution in [0.15, 0.2) is 36.7 Å². The summed E-state index contributed by atoms with van der Waals surface area (Å²) in [5, 5.41) is 3.12. The number of amides is 1. The number of aryl methyl sites for hydroxylation is 1. The van der Waals surface area contributed by atoms with E-state index in [-0.39, 0.29) is 17.8 Å². The monoisotopic (exact) mass is 370 g/mol. The predicted molar refractivity (Wildman–Crippen MR) is 104 cm³/mol. The van der Waals surface area contributed by atoms with Crippen LogP contribution in [-0.2, 0) is 6.42 Å². The van der Waals surface area contributed by atoms with Crippen LogP contribution >= 0.6 is 0 Å². The summed E-state index contributed by atoms with van der Waals surface area (Å²) in [6.45, 7) is 5.53. The van der Waals surface area contributed by atoms with Gasteiger partial charge in [0.2, 0.25) is 5.95 Å². The normalized spacial score (nSPS) is 17.2. The van der Waals surface area contributed by atoms with Crippen molar-refractivity contribution >= 4 is 11.9 Å². The van der Waals surface area contributed by atoms with Gasteiger partial charge in [-0.2, -0.15) is 0 Å². The van der Waals surface area contributed by atoms with Crippen LogP contribution in [0.4, 0.5) is 10.3 Å². The number of piperidine rings is 1. The summed E-state index contributed by atoms with van der Waals surface area (Å²) in [6.07, 6.45) is 7.08. The van der Waals surface area contributed by atoms with E-state index in [0.717, 1.165) is 44.3 Å². The van der Waals surface area contributed by atoms with Gasteiger partial charge in [-0.1, -0.05) is 12.1 Å². The fourth-order valence-corrected chi connectivity index (χ4v) is 3.50. The van der Waals surface area contributed by atoms with Crippen molar-refractivity contribution in [2.45, 2.75) is 45.6 Å². The third-order valence-electron chi connectivity index (χ3n) is 4.85. The molecule has 1 aromatic heterocycles. The van der Waals surface area contributed by atoms with Crippen LogP contribution < -0.4 is 5.32 Å². The van der Waals surface area contributed by atoms with Crippen molar-refractivity contribution in [3.63, 3.8) is 0 Å². The maximum Gasteiger partial charge on any atom is 0.257 e. The zero-order valence-corrected chi connectivity index (χ0v) is 16.0. The van der Waals surface area contributed by atoms with Gasteiger partial charge in [0.15, 0.2) is 0 Å². The molecule has 0 spiro atoms. The molecular formula is C21H27FN4O. The Morgan fingerprint density at radius 3 is 2.81 bits per heavy atom. The fourth-order valence-electron chi connectivity index (χ4n) is 3.50. The molecule has 1 aromatic carbocycles. The van der Waals surface area contributed by atoms with Gasteiger partial charge in [0.25, 0.3) is 5.91 Å². The molecule has 1 atom stereocenters. The second-order valence-electron chi connectivity index (χ2n) is 7.52. The highest BCUT2D eigenvalue weighted by Gasteiger charge is 2.24. The lowest BCUT2D eigenvalue weighted by atomic mass is 9.91. The van der Waals surface area contributed by atoms with Crippen molar-refractivity contribution < 1.29 is 9.18 Å². The summed E-state index contributed by atoms with van der Waals surface area (Å²) in [5.41, 5.74) is 1.54. The number of hydrogen-bond acceptors (Lipinski definition) is 4. The Morgan fingerprint density at radius 2 is 2.11 bits per heavy atom. The first-order chi connectivity index (χ1) is 13.0. The van der Waals surface area contributed by atoms with E-state index >= 15 is 0 Å². The van der Waals surface area contributed by atoms with Crippen molar-refractivity contribution in [1.29, 1.82) is 0 Å². The highest BCUT2D eigenvalue weighted by Crippen LogP contribution is 2.23. The molecule has 1 aliphatic rings. The molecule has 0 bridgehead atoms. The number of benzene rings is 1. The van der Waals surface area contributed by atoms with E-state index in [1.165, 1.54) is 6.07 Å². The number of anilines is 1. The van der Waals surface area contributed by atoms with E-state index in [0.29, 0.717) is 17.4 Å². The van der Waals surface area contributed by atoms with E-state index in [9.17, 15) is 9.18 Å². The molecule has 1 saturated heterocycles. The van der Waals surface area contributed by atoms with E-state index in [4.69, 9.17) is 0 Å². The van der Waals surface area contributed by atoms with Gasteiger partial charge in [0, 0.05) is 31.5 Å².